The lowest BCUT2D eigenvalue weighted by Crippen LogP contribution is -2.45. The van der Waals surface area contributed by atoms with Gasteiger partial charge >= 0.3 is 0 Å². The molecule has 1 amide bonds. The number of amides is 1. The van der Waals surface area contributed by atoms with E-state index in [2.05, 4.69) is 5.32 Å². The Morgan fingerprint density at radius 1 is 1.47 bits per heavy atom. The number of carbonyl (C=O) groups excluding carboxylic acids is 1. The van der Waals surface area contributed by atoms with Crippen LogP contribution in [-0.4, -0.2) is 28.8 Å². The van der Waals surface area contributed by atoms with Crippen LogP contribution in [0.1, 0.15) is 43.0 Å². The first kappa shape index (κ1) is 13.9. The normalized spacial score (nSPS) is 26.9. The first-order valence-corrected chi connectivity index (χ1v) is 6.76. The van der Waals surface area contributed by atoms with Gasteiger partial charge < -0.3 is 15.5 Å². The zero-order valence-corrected chi connectivity index (χ0v) is 11.2. The van der Waals surface area contributed by atoms with Gasteiger partial charge in [-0.15, -0.1) is 0 Å². The summed E-state index contributed by atoms with van der Waals surface area (Å²) >= 11 is 0. The highest BCUT2D eigenvalue weighted by Crippen LogP contribution is 2.35. The van der Waals surface area contributed by atoms with E-state index >= 15 is 0 Å². The van der Waals surface area contributed by atoms with Crippen LogP contribution >= 0.6 is 0 Å². The standard InChI is InChI=1S/C15H21NO3/c1-15(8-3-2-7-13(15)18)10-16-14(19)11-5-4-6-12(17)9-11/h4-6,9,13,17-18H,2-3,7-8,10H2,1H3,(H,16,19). The number of benzene rings is 1. The fourth-order valence-corrected chi connectivity index (χ4v) is 2.62. The highest BCUT2D eigenvalue weighted by atomic mass is 16.3. The number of rotatable bonds is 3. The van der Waals surface area contributed by atoms with Crippen molar-refractivity contribution < 1.29 is 15.0 Å². The van der Waals surface area contributed by atoms with Crippen molar-refractivity contribution in [3.63, 3.8) is 0 Å². The Morgan fingerprint density at radius 3 is 2.95 bits per heavy atom. The van der Waals surface area contributed by atoms with Gasteiger partial charge in [0.2, 0.25) is 0 Å². The summed E-state index contributed by atoms with van der Waals surface area (Å²) in [5, 5.41) is 22.3. The fourth-order valence-electron chi connectivity index (χ4n) is 2.62. The second-order valence-corrected chi connectivity index (χ2v) is 5.65. The number of hydrogen-bond acceptors (Lipinski definition) is 3. The van der Waals surface area contributed by atoms with Gasteiger partial charge in [-0.25, -0.2) is 0 Å². The molecule has 4 heteroatoms. The highest BCUT2D eigenvalue weighted by Gasteiger charge is 2.35. The quantitative estimate of drug-likeness (QED) is 0.782. The molecule has 0 aromatic heterocycles. The molecule has 1 aromatic carbocycles. The van der Waals surface area contributed by atoms with Crippen molar-refractivity contribution in [2.75, 3.05) is 6.54 Å². The second kappa shape index (κ2) is 5.61. The smallest absolute Gasteiger partial charge is 0.251 e. The first-order valence-electron chi connectivity index (χ1n) is 6.76. The number of nitrogens with one attached hydrogen (secondary N) is 1. The average molecular weight is 263 g/mol. The molecule has 4 nitrogen and oxygen atoms in total. The number of phenols is 1. The second-order valence-electron chi connectivity index (χ2n) is 5.65. The minimum atomic E-state index is -0.356. The van der Waals surface area contributed by atoms with Crippen LogP contribution in [0.15, 0.2) is 24.3 Å². The molecule has 104 valence electrons. The van der Waals surface area contributed by atoms with Crippen molar-refractivity contribution in [1.29, 1.82) is 0 Å². The lowest BCUT2D eigenvalue weighted by atomic mass is 9.73. The Hall–Kier alpha value is -1.55. The van der Waals surface area contributed by atoms with Gasteiger partial charge in [-0.1, -0.05) is 25.8 Å². The SMILES string of the molecule is CC1(CNC(=O)c2cccc(O)c2)CCCCC1O. The molecule has 0 aliphatic heterocycles. The van der Waals surface area contributed by atoms with E-state index in [1.165, 1.54) is 12.1 Å². The summed E-state index contributed by atoms with van der Waals surface area (Å²) in [7, 11) is 0. The first-order chi connectivity index (χ1) is 9.01. The maximum atomic E-state index is 12.0. The number of aliphatic hydroxyl groups is 1. The minimum Gasteiger partial charge on any atom is -0.508 e. The number of hydrogen-bond donors (Lipinski definition) is 3. The maximum Gasteiger partial charge on any atom is 0.251 e. The molecule has 0 radical (unpaired) electrons. The number of aliphatic hydroxyl groups excluding tert-OH is 1. The highest BCUT2D eigenvalue weighted by molar-refractivity contribution is 5.94. The van der Waals surface area contributed by atoms with Crippen molar-refractivity contribution in [3.05, 3.63) is 29.8 Å². The molecule has 1 saturated carbocycles. The van der Waals surface area contributed by atoms with Crippen LogP contribution in [0.3, 0.4) is 0 Å². The molecule has 0 saturated heterocycles. The molecule has 0 spiro atoms. The topological polar surface area (TPSA) is 69.6 Å². The van der Waals surface area contributed by atoms with Gasteiger partial charge in [0.05, 0.1) is 6.10 Å². The van der Waals surface area contributed by atoms with Crippen LogP contribution < -0.4 is 5.32 Å². The zero-order valence-electron chi connectivity index (χ0n) is 11.2. The van der Waals surface area contributed by atoms with E-state index in [-0.39, 0.29) is 23.2 Å². The molecule has 1 aromatic rings. The van der Waals surface area contributed by atoms with Gasteiger partial charge in [-0.2, -0.15) is 0 Å². The van der Waals surface area contributed by atoms with Crippen molar-refractivity contribution in [2.24, 2.45) is 5.41 Å². The summed E-state index contributed by atoms with van der Waals surface area (Å²) in [5.41, 5.74) is 0.193. The van der Waals surface area contributed by atoms with Crippen molar-refractivity contribution in [2.45, 2.75) is 38.7 Å². The van der Waals surface area contributed by atoms with Crippen molar-refractivity contribution in [3.8, 4) is 5.75 Å². The summed E-state index contributed by atoms with van der Waals surface area (Å²) in [6.45, 7) is 2.47. The Morgan fingerprint density at radius 2 is 2.26 bits per heavy atom. The van der Waals surface area contributed by atoms with Crippen LogP contribution in [0.2, 0.25) is 0 Å². The van der Waals surface area contributed by atoms with Gasteiger partial charge in [0.25, 0.3) is 5.91 Å². The fraction of sp³-hybridized carbons (Fsp3) is 0.533. The van der Waals surface area contributed by atoms with Gasteiger partial charge in [0, 0.05) is 17.5 Å². The van der Waals surface area contributed by atoms with E-state index in [4.69, 9.17) is 0 Å². The summed E-state index contributed by atoms with van der Waals surface area (Å²) in [6.07, 6.45) is 3.52. The zero-order chi connectivity index (χ0) is 13.9. The van der Waals surface area contributed by atoms with Crippen molar-refractivity contribution >= 4 is 5.91 Å². The summed E-state index contributed by atoms with van der Waals surface area (Å²) in [4.78, 5) is 12.0. The molecule has 0 heterocycles. The van der Waals surface area contributed by atoms with Crippen molar-refractivity contribution in [1.82, 2.24) is 5.32 Å². The number of aromatic hydroxyl groups is 1. The van der Waals surface area contributed by atoms with Gasteiger partial charge in [0.15, 0.2) is 0 Å². The minimum absolute atomic E-state index is 0.0802. The number of phenolic OH excluding ortho intramolecular Hbond substituents is 1. The van der Waals surface area contributed by atoms with Gasteiger partial charge in [-0.05, 0) is 31.0 Å². The predicted octanol–water partition coefficient (Wildman–Crippen LogP) is 2.06. The molecular formula is C15H21NO3. The number of carbonyl (C=O) groups is 1. The summed E-state index contributed by atoms with van der Waals surface area (Å²) < 4.78 is 0. The lowest BCUT2D eigenvalue weighted by molar-refractivity contribution is 0.00190. The Balaban J connectivity index is 1.96. The third-order valence-electron chi connectivity index (χ3n) is 4.04. The summed E-state index contributed by atoms with van der Waals surface area (Å²) in [5.74, 6) is -0.133. The molecule has 2 atom stereocenters. The van der Waals surface area contributed by atoms with E-state index in [9.17, 15) is 15.0 Å². The third-order valence-corrected chi connectivity index (χ3v) is 4.04. The van der Waals surface area contributed by atoms with Crippen LogP contribution in [0.5, 0.6) is 5.75 Å². The van der Waals surface area contributed by atoms with Crippen LogP contribution in [0.4, 0.5) is 0 Å². The molecule has 3 N–H and O–H groups in total. The largest absolute Gasteiger partial charge is 0.508 e. The van der Waals surface area contributed by atoms with Crippen LogP contribution in [-0.2, 0) is 0 Å². The molecule has 2 unspecified atom stereocenters. The monoisotopic (exact) mass is 263 g/mol. The lowest BCUT2D eigenvalue weighted by Gasteiger charge is -2.38. The van der Waals surface area contributed by atoms with Gasteiger partial charge in [-0.3, -0.25) is 4.79 Å². The molecular weight excluding hydrogens is 242 g/mol. The van der Waals surface area contributed by atoms with Crippen LogP contribution in [0, 0.1) is 5.41 Å². The van der Waals surface area contributed by atoms with E-state index in [0.717, 1.165) is 25.7 Å². The van der Waals surface area contributed by atoms with E-state index in [1.807, 2.05) is 6.92 Å². The molecule has 1 aliphatic carbocycles. The third kappa shape index (κ3) is 3.26. The Bertz CT molecular complexity index is 460. The van der Waals surface area contributed by atoms with E-state index in [1.54, 1.807) is 12.1 Å². The van der Waals surface area contributed by atoms with Gasteiger partial charge in [0.1, 0.15) is 5.75 Å². The Kier molecular flexibility index (Phi) is 4.10. The Labute approximate surface area is 113 Å². The molecule has 1 aliphatic rings. The maximum absolute atomic E-state index is 12.0. The molecule has 1 fully saturated rings. The molecule has 19 heavy (non-hydrogen) atoms. The van der Waals surface area contributed by atoms with E-state index < -0.39 is 0 Å². The molecule has 0 bridgehead atoms. The molecule has 2 rings (SSSR count). The average Bonchev–Trinajstić information content (AvgIpc) is 2.40. The van der Waals surface area contributed by atoms with E-state index in [0.29, 0.717) is 12.1 Å². The predicted molar refractivity (Wildman–Crippen MR) is 73.0 cm³/mol. The summed E-state index contributed by atoms with van der Waals surface area (Å²) in [6, 6.07) is 6.27. The van der Waals surface area contributed by atoms with Crippen LogP contribution in [0.25, 0.3) is 0 Å².